The Hall–Kier alpha value is -2.45. The topological polar surface area (TPSA) is 93.4 Å². The Morgan fingerprint density at radius 1 is 1.29 bits per heavy atom. The first kappa shape index (κ1) is 23.2. The predicted molar refractivity (Wildman–Crippen MR) is 129 cm³/mol. The smallest absolute Gasteiger partial charge is 0.261 e. The highest BCUT2D eigenvalue weighted by Gasteiger charge is 2.33. The number of rotatable bonds is 4. The van der Waals surface area contributed by atoms with E-state index < -0.39 is 5.91 Å². The van der Waals surface area contributed by atoms with Gasteiger partial charge in [0.15, 0.2) is 5.11 Å². The molecule has 0 aliphatic heterocycles. The minimum Gasteiger partial charge on any atom is -0.496 e. The number of anilines is 1. The highest BCUT2D eigenvalue weighted by molar-refractivity contribution is 7.80. The fourth-order valence-corrected chi connectivity index (χ4v) is 5.68. The van der Waals surface area contributed by atoms with Gasteiger partial charge in [-0.15, -0.1) is 11.3 Å². The number of thiocarbonyl (C=S) groups is 1. The van der Waals surface area contributed by atoms with Gasteiger partial charge in [-0.25, -0.2) is 0 Å². The summed E-state index contributed by atoms with van der Waals surface area (Å²) >= 11 is 6.86. The molecule has 0 bridgehead atoms. The molecule has 0 fully saturated rings. The minimum atomic E-state index is -0.483. The molecule has 8 heteroatoms. The van der Waals surface area contributed by atoms with Gasteiger partial charge in [0, 0.05) is 4.88 Å². The first-order valence-corrected chi connectivity index (χ1v) is 11.5. The third kappa shape index (κ3) is 4.91. The Bertz CT molecular complexity index is 1040. The quantitative estimate of drug-likeness (QED) is 0.588. The molecule has 2 amide bonds. The molecule has 166 valence electrons. The first-order chi connectivity index (χ1) is 14.5. The van der Waals surface area contributed by atoms with Gasteiger partial charge in [-0.2, -0.15) is 0 Å². The maximum Gasteiger partial charge on any atom is 0.261 e. The number of nitrogens with two attached hydrogens (primary N) is 1. The molecule has 0 saturated carbocycles. The molecule has 1 aromatic heterocycles. The lowest BCUT2D eigenvalue weighted by atomic mass is 9.72. The van der Waals surface area contributed by atoms with Crippen molar-refractivity contribution in [3.63, 3.8) is 0 Å². The number of aryl methyl sites for hydroxylation is 1. The first-order valence-electron chi connectivity index (χ1n) is 10.2. The van der Waals surface area contributed by atoms with Crippen LogP contribution in [0.2, 0.25) is 0 Å². The van der Waals surface area contributed by atoms with Crippen LogP contribution in [0.3, 0.4) is 0 Å². The van der Waals surface area contributed by atoms with Crippen LogP contribution in [0, 0.1) is 18.3 Å². The van der Waals surface area contributed by atoms with Crippen molar-refractivity contribution in [2.75, 3.05) is 12.4 Å². The van der Waals surface area contributed by atoms with Gasteiger partial charge in [0.25, 0.3) is 11.8 Å². The fraction of sp³-hybridized carbons (Fsp3) is 0.435. The zero-order chi connectivity index (χ0) is 22.9. The average Bonchev–Trinajstić information content (AvgIpc) is 3.03. The molecule has 1 atom stereocenters. The minimum absolute atomic E-state index is 0.113. The number of hydrogen-bond donors (Lipinski definition) is 3. The molecule has 4 N–H and O–H groups in total. The number of primary amides is 1. The molecule has 0 spiro atoms. The second kappa shape index (κ2) is 8.96. The number of ether oxygens (including phenoxy) is 1. The van der Waals surface area contributed by atoms with E-state index in [9.17, 15) is 9.59 Å². The normalized spacial score (nSPS) is 15.7. The van der Waals surface area contributed by atoms with Crippen LogP contribution in [0.15, 0.2) is 18.2 Å². The third-order valence-electron chi connectivity index (χ3n) is 5.85. The summed E-state index contributed by atoms with van der Waals surface area (Å²) in [5, 5.41) is 6.42. The van der Waals surface area contributed by atoms with Crippen molar-refractivity contribution >= 4 is 45.5 Å². The van der Waals surface area contributed by atoms with Gasteiger partial charge < -0.3 is 15.8 Å². The second-order valence-corrected chi connectivity index (χ2v) is 10.5. The summed E-state index contributed by atoms with van der Waals surface area (Å²) in [6.07, 6.45) is 2.74. The molecule has 31 heavy (non-hydrogen) atoms. The monoisotopic (exact) mass is 459 g/mol. The molecule has 1 heterocycles. The number of hydrogen-bond acceptors (Lipinski definition) is 5. The molecule has 1 aliphatic carbocycles. The van der Waals surface area contributed by atoms with E-state index in [-0.39, 0.29) is 16.4 Å². The van der Waals surface area contributed by atoms with Gasteiger partial charge in [-0.3, -0.25) is 14.9 Å². The predicted octanol–water partition coefficient (Wildman–Crippen LogP) is 4.44. The van der Waals surface area contributed by atoms with E-state index in [1.54, 1.807) is 12.1 Å². The summed E-state index contributed by atoms with van der Waals surface area (Å²) in [6, 6.07) is 5.33. The second-order valence-electron chi connectivity index (χ2n) is 8.94. The fourth-order valence-electron chi connectivity index (χ4n) is 4.08. The van der Waals surface area contributed by atoms with E-state index >= 15 is 0 Å². The molecule has 2 aromatic rings. The Morgan fingerprint density at radius 3 is 2.61 bits per heavy atom. The summed E-state index contributed by atoms with van der Waals surface area (Å²) in [6.45, 7) is 8.60. The molecule has 0 radical (unpaired) electrons. The van der Waals surface area contributed by atoms with Gasteiger partial charge in [-0.05, 0) is 66.9 Å². The molecule has 0 unspecified atom stereocenters. The molecule has 6 nitrogen and oxygen atoms in total. The highest BCUT2D eigenvalue weighted by atomic mass is 32.1. The number of amides is 2. The number of thiophene rings is 1. The van der Waals surface area contributed by atoms with Crippen LogP contribution in [-0.4, -0.2) is 24.0 Å². The van der Waals surface area contributed by atoms with Gasteiger partial charge in [0.05, 0.1) is 18.2 Å². The van der Waals surface area contributed by atoms with Gasteiger partial charge in [0.1, 0.15) is 10.8 Å². The number of fused-ring (bicyclic) bond motifs is 1. The molecule has 1 aliphatic rings. The van der Waals surface area contributed by atoms with E-state index in [4.69, 9.17) is 22.7 Å². The van der Waals surface area contributed by atoms with Gasteiger partial charge in [0.2, 0.25) is 0 Å². The Balaban J connectivity index is 1.81. The van der Waals surface area contributed by atoms with Crippen LogP contribution in [-0.2, 0) is 12.8 Å². The lowest BCUT2D eigenvalue weighted by Gasteiger charge is -2.33. The summed E-state index contributed by atoms with van der Waals surface area (Å²) in [7, 11) is 1.52. The summed E-state index contributed by atoms with van der Waals surface area (Å²) < 4.78 is 5.36. The van der Waals surface area contributed by atoms with Crippen LogP contribution >= 0.6 is 23.6 Å². The van der Waals surface area contributed by atoms with Crippen LogP contribution in [0.4, 0.5) is 5.00 Å². The van der Waals surface area contributed by atoms with Crippen molar-refractivity contribution < 1.29 is 14.3 Å². The average molecular weight is 460 g/mol. The van der Waals surface area contributed by atoms with Crippen molar-refractivity contribution in [1.29, 1.82) is 0 Å². The van der Waals surface area contributed by atoms with Crippen LogP contribution in [0.1, 0.15) is 63.9 Å². The molecular formula is C23H29N3O3S2. The van der Waals surface area contributed by atoms with Gasteiger partial charge in [-0.1, -0.05) is 32.9 Å². The maximum absolute atomic E-state index is 12.7. The zero-order valence-corrected chi connectivity index (χ0v) is 20.2. The molecular weight excluding hydrogens is 430 g/mol. The lowest BCUT2D eigenvalue weighted by molar-refractivity contribution is 0.0972. The van der Waals surface area contributed by atoms with Gasteiger partial charge >= 0.3 is 0 Å². The summed E-state index contributed by atoms with van der Waals surface area (Å²) in [4.78, 5) is 26.1. The van der Waals surface area contributed by atoms with Crippen molar-refractivity contribution in [1.82, 2.24) is 5.32 Å². The number of nitrogens with one attached hydrogen (secondary N) is 2. The number of para-hydroxylation sites is 1. The SMILES string of the molecule is COc1c(C)cccc1C(=O)NC(=S)Nc1sc2c(c1C(N)=O)CC[C@@H](C(C)(C)C)C2. The van der Waals surface area contributed by atoms with E-state index in [2.05, 4.69) is 31.4 Å². The van der Waals surface area contributed by atoms with E-state index in [0.717, 1.165) is 35.3 Å². The number of benzene rings is 1. The van der Waals surface area contributed by atoms with Crippen LogP contribution in [0.5, 0.6) is 5.75 Å². The Kier molecular flexibility index (Phi) is 6.71. The number of carbonyl (C=O) groups is 2. The van der Waals surface area contributed by atoms with E-state index in [0.29, 0.717) is 27.8 Å². The third-order valence-corrected chi connectivity index (χ3v) is 7.23. The van der Waals surface area contributed by atoms with Crippen LogP contribution < -0.4 is 21.1 Å². The largest absolute Gasteiger partial charge is 0.496 e. The molecule has 3 rings (SSSR count). The highest BCUT2D eigenvalue weighted by Crippen LogP contribution is 2.44. The van der Waals surface area contributed by atoms with Crippen molar-refractivity contribution in [2.45, 2.75) is 47.0 Å². The zero-order valence-electron chi connectivity index (χ0n) is 18.5. The molecule has 1 aromatic carbocycles. The standard InChI is InChI=1S/C23H29N3O3S2/c1-12-7-6-8-15(18(12)29-5)20(28)25-22(30)26-21-17(19(24)27)14-10-9-13(23(2,3)4)11-16(14)31-21/h6-8,13H,9-11H2,1-5H3,(H2,24,27)(H2,25,26,28,30)/t13-/m1/s1. The van der Waals surface area contributed by atoms with Crippen LogP contribution in [0.25, 0.3) is 0 Å². The van der Waals surface area contributed by atoms with Crippen molar-refractivity contribution in [2.24, 2.45) is 17.1 Å². The van der Waals surface area contributed by atoms with Crippen molar-refractivity contribution in [3.8, 4) is 5.75 Å². The number of methoxy groups -OCH3 is 1. The Labute approximate surface area is 192 Å². The Morgan fingerprint density at radius 2 is 2.00 bits per heavy atom. The summed E-state index contributed by atoms with van der Waals surface area (Å²) in [5.74, 6) is 0.171. The van der Waals surface area contributed by atoms with E-state index in [1.807, 2.05) is 13.0 Å². The molecule has 0 saturated heterocycles. The number of carbonyl (C=O) groups excluding carboxylic acids is 2. The van der Waals surface area contributed by atoms with E-state index in [1.165, 1.54) is 18.4 Å². The maximum atomic E-state index is 12.7. The summed E-state index contributed by atoms with van der Waals surface area (Å²) in [5.41, 5.74) is 8.63. The van der Waals surface area contributed by atoms with Crippen molar-refractivity contribution in [3.05, 3.63) is 45.3 Å². The lowest BCUT2D eigenvalue weighted by Crippen LogP contribution is -2.34.